The van der Waals surface area contributed by atoms with E-state index in [4.69, 9.17) is 11.6 Å². The molecule has 1 aliphatic carbocycles. The average Bonchev–Trinajstić information content (AvgIpc) is 3.34. The van der Waals surface area contributed by atoms with Crippen molar-refractivity contribution < 1.29 is 4.79 Å². The van der Waals surface area contributed by atoms with Crippen molar-refractivity contribution in [2.45, 2.75) is 44.3 Å². The molecule has 1 aliphatic heterocycles. The number of halogens is 1. The fraction of sp³-hybridized carbons (Fsp3) is 0.588. The van der Waals surface area contributed by atoms with Gasteiger partial charge in [-0.15, -0.1) is 0 Å². The van der Waals surface area contributed by atoms with Gasteiger partial charge >= 0.3 is 0 Å². The Hall–Kier alpha value is -0.710. The van der Waals surface area contributed by atoms with Gasteiger partial charge in [0.25, 0.3) is 0 Å². The van der Waals surface area contributed by atoms with Crippen molar-refractivity contribution in [1.82, 2.24) is 10.2 Å². The van der Waals surface area contributed by atoms with Gasteiger partial charge in [-0.2, -0.15) is 11.8 Å². The summed E-state index contributed by atoms with van der Waals surface area (Å²) in [4.78, 5) is 14.9. The summed E-state index contributed by atoms with van der Waals surface area (Å²) in [5.74, 6) is 2.47. The number of hydrogen-bond acceptors (Lipinski definition) is 3. The molecule has 5 heteroatoms. The number of carbonyl (C=O) groups is 1. The summed E-state index contributed by atoms with van der Waals surface area (Å²) in [6, 6.07) is 8.74. The normalized spacial score (nSPS) is 23.1. The van der Waals surface area contributed by atoms with Gasteiger partial charge in [-0.3, -0.25) is 4.79 Å². The molecule has 1 heterocycles. The number of benzene rings is 1. The zero-order chi connectivity index (χ0) is 15.5. The summed E-state index contributed by atoms with van der Waals surface area (Å²) in [5.41, 5.74) is 1.16. The Balaban J connectivity index is 1.68. The van der Waals surface area contributed by atoms with Crippen LogP contribution in [0.2, 0.25) is 5.02 Å². The monoisotopic (exact) mass is 338 g/mol. The van der Waals surface area contributed by atoms with Gasteiger partial charge in [0.05, 0.1) is 6.04 Å². The highest BCUT2D eigenvalue weighted by Gasteiger charge is 2.36. The summed E-state index contributed by atoms with van der Waals surface area (Å²) in [5, 5.41) is 4.20. The van der Waals surface area contributed by atoms with Gasteiger partial charge in [0.2, 0.25) is 5.91 Å². The fourth-order valence-electron chi connectivity index (χ4n) is 3.06. The van der Waals surface area contributed by atoms with Gasteiger partial charge in [-0.05, 0) is 37.5 Å². The van der Waals surface area contributed by atoms with E-state index in [1.165, 1.54) is 0 Å². The van der Waals surface area contributed by atoms with Crippen molar-refractivity contribution in [3.05, 3.63) is 34.9 Å². The highest BCUT2D eigenvalue weighted by Crippen LogP contribution is 2.35. The van der Waals surface area contributed by atoms with Gasteiger partial charge in [0, 0.05) is 41.6 Å². The first-order chi connectivity index (χ1) is 10.6. The van der Waals surface area contributed by atoms with Gasteiger partial charge in [0.15, 0.2) is 0 Å². The molecule has 0 aromatic heterocycles. The second kappa shape index (κ2) is 7.24. The molecule has 3 nitrogen and oxygen atoms in total. The van der Waals surface area contributed by atoms with E-state index in [0.717, 1.165) is 41.5 Å². The molecule has 1 aromatic rings. The van der Waals surface area contributed by atoms with Crippen LogP contribution in [-0.2, 0) is 4.79 Å². The maximum atomic E-state index is 12.8. The Kier molecular flexibility index (Phi) is 5.32. The molecule has 2 unspecified atom stereocenters. The van der Waals surface area contributed by atoms with E-state index < -0.39 is 0 Å². The van der Waals surface area contributed by atoms with Gasteiger partial charge in [-0.25, -0.2) is 0 Å². The fourth-order valence-corrected chi connectivity index (χ4v) is 4.13. The van der Waals surface area contributed by atoms with Gasteiger partial charge < -0.3 is 10.2 Å². The van der Waals surface area contributed by atoms with Crippen LogP contribution in [0, 0.1) is 0 Å². The Morgan fingerprint density at radius 1 is 1.41 bits per heavy atom. The third kappa shape index (κ3) is 3.98. The molecule has 1 aromatic carbocycles. The highest BCUT2D eigenvalue weighted by atomic mass is 35.5. The molecule has 1 saturated heterocycles. The van der Waals surface area contributed by atoms with Crippen LogP contribution in [0.4, 0.5) is 0 Å². The van der Waals surface area contributed by atoms with Crippen LogP contribution >= 0.6 is 23.4 Å². The Labute approximate surface area is 141 Å². The van der Waals surface area contributed by atoms with Crippen LogP contribution in [0.25, 0.3) is 0 Å². The van der Waals surface area contributed by atoms with E-state index in [-0.39, 0.29) is 11.9 Å². The second-order valence-electron chi connectivity index (χ2n) is 6.19. The van der Waals surface area contributed by atoms with Crippen LogP contribution in [-0.4, -0.2) is 40.9 Å². The topological polar surface area (TPSA) is 32.3 Å². The lowest BCUT2D eigenvalue weighted by molar-refractivity contribution is -0.134. The average molecular weight is 339 g/mol. The molecular weight excluding hydrogens is 316 g/mol. The number of hydrogen-bond donors (Lipinski definition) is 1. The number of thioether (sulfide) groups is 1. The number of rotatable bonds is 5. The molecule has 1 amide bonds. The van der Waals surface area contributed by atoms with E-state index in [9.17, 15) is 4.79 Å². The van der Waals surface area contributed by atoms with Crippen LogP contribution in [0.1, 0.15) is 37.8 Å². The van der Waals surface area contributed by atoms with Gasteiger partial charge in [-0.1, -0.05) is 23.7 Å². The van der Waals surface area contributed by atoms with E-state index in [0.29, 0.717) is 18.5 Å². The van der Waals surface area contributed by atoms with Crippen molar-refractivity contribution in [2.24, 2.45) is 0 Å². The van der Waals surface area contributed by atoms with Crippen molar-refractivity contribution in [3.8, 4) is 0 Å². The second-order valence-corrected chi connectivity index (χ2v) is 7.78. The first-order valence-electron chi connectivity index (χ1n) is 8.03. The van der Waals surface area contributed by atoms with Crippen LogP contribution in [0.3, 0.4) is 0 Å². The molecule has 3 rings (SSSR count). The third-order valence-corrected chi connectivity index (χ3v) is 5.80. The summed E-state index contributed by atoms with van der Waals surface area (Å²) in [6.07, 6.45) is 2.88. The Bertz CT molecular complexity index is 512. The third-order valence-electron chi connectivity index (χ3n) is 4.42. The molecule has 0 bridgehead atoms. The number of amides is 1. The summed E-state index contributed by atoms with van der Waals surface area (Å²) in [6.45, 7) is 3.14. The molecule has 22 heavy (non-hydrogen) atoms. The van der Waals surface area contributed by atoms with E-state index >= 15 is 0 Å². The van der Waals surface area contributed by atoms with E-state index in [1.807, 2.05) is 36.0 Å². The Morgan fingerprint density at radius 3 is 2.73 bits per heavy atom. The molecular formula is C17H23ClN2OS. The van der Waals surface area contributed by atoms with Gasteiger partial charge in [0.1, 0.15) is 0 Å². The maximum absolute atomic E-state index is 12.8. The Morgan fingerprint density at radius 2 is 2.14 bits per heavy atom. The quantitative estimate of drug-likeness (QED) is 0.892. The summed E-state index contributed by atoms with van der Waals surface area (Å²) < 4.78 is 0. The van der Waals surface area contributed by atoms with Crippen LogP contribution < -0.4 is 5.32 Å². The predicted octanol–water partition coefficient (Wildman–Crippen LogP) is 3.49. The summed E-state index contributed by atoms with van der Waals surface area (Å²) in [7, 11) is 0. The largest absolute Gasteiger partial charge is 0.333 e. The van der Waals surface area contributed by atoms with Crippen molar-refractivity contribution >= 4 is 29.3 Å². The molecule has 1 saturated carbocycles. The lowest BCUT2D eigenvalue weighted by Gasteiger charge is -2.32. The van der Waals surface area contributed by atoms with E-state index in [2.05, 4.69) is 17.1 Å². The summed E-state index contributed by atoms with van der Waals surface area (Å²) >= 11 is 7.91. The van der Waals surface area contributed by atoms with Crippen LogP contribution in [0.5, 0.6) is 0 Å². The first-order valence-corrected chi connectivity index (χ1v) is 9.56. The molecule has 0 spiro atoms. The van der Waals surface area contributed by atoms with Crippen molar-refractivity contribution in [1.29, 1.82) is 0 Å². The molecule has 1 N–H and O–H groups in total. The minimum Gasteiger partial charge on any atom is -0.333 e. The predicted molar refractivity (Wildman–Crippen MR) is 93.5 cm³/mol. The molecule has 2 fully saturated rings. The smallest absolute Gasteiger partial charge is 0.224 e. The number of nitrogens with one attached hydrogen (secondary N) is 1. The van der Waals surface area contributed by atoms with Crippen LogP contribution in [0.15, 0.2) is 24.3 Å². The van der Waals surface area contributed by atoms with Crippen molar-refractivity contribution in [2.75, 3.05) is 18.1 Å². The lowest BCUT2D eigenvalue weighted by Crippen LogP contribution is -2.44. The van der Waals surface area contributed by atoms with E-state index in [1.54, 1.807) is 0 Å². The molecule has 0 radical (unpaired) electrons. The zero-order valence-corrected chi connectivity index (χ0v) is 14.5. The zero-order valence-electron chi connectivity index (χ0n) is 12.9. The number of carbonyl (C=O) groups excluding carboxylic acids is 1. The lowest BCUT2D eigenvalue weighted by atomic mass is 10.1. The minimum absolute atomic E-state index is 0.119. The standard InChI is InChI=1S/C17H23ClN2OS/c1-12(13-2-4-14(18)5-3-13)20(16-6-7-16)17(21)10-15-11-22-9-8-19-15/h2-5,12,15-16,19H,6-11H2,1H3. The molecule has 2 aliphatic rings. The highest BCUT2D eigenvalue weighted by molar-refractivity contribution is 7.99. The number of nitrogens with zero attached hydrogens (tertiary/aromatic N) is 1. The maximum Gasteiger partial charge on any atom is 0.224 e. The molecule has 120 valence electrons. The minimum atomic E-state index is 0.119. The molecule has 2 atom stereocenters. The van der Waals surface area contributed by atoms with Crippen molar-refractivity contribution in [3.63, 3.8) is 0 Å². The SMILES string of the molecule is CC(c1ccc(Cl)cc1)N(C(=O)CC1CSCCN1)C1CC1. The first kappa shape index (κ1) is 16.2.